The van der Waals surface area contributed by atoms with E-state index >= 15 is 0 Å². The van der Waals surface area contributed by atoms with Gasteiger partial charge in [0, 0.05) is 38.3 Å². The van der Waals surface area contributed by atoms with Gasteiger partial charge in [0.2, 0.25) is 0 Å². The molecule has 1 unspecified atom stereocenters. The highest BCUT2D eigenvalue weighted by Gasteiger charge is 2.08. The molecule has 3 nitrogen and oxygen atoms in total. The van der Waals surface area contributed by atoms with E-state index in [-0.39, 0.29) is 6.04 Å². The molecule has 0 amide bonds. The maximum absolute atomic E-state index is 13.1. The number of rotatable bonds is 5. The Balaban J connectivity index is 1.88. The Morgan fingerprint density at radius 2 is 1.95 bits per heavy atom. The summed E-state index contributed by atoms with van der Waals surface area (Å²) in [6.07, 6.45) is 2.67. The van der Waals surface area contributed by atoms with E-state index in [1.54, 1.807) is 4.68 Å². The molecule has 1 heterocycles. The van der Waals surface area contributed by atoms with Gasteiger partial charge in [-0.05, 0) is 30.7 Å². The van der Waals surface area contributed by atoms with Crippen LogP contribution in [0.4, 0.5) is 8.78 Å². The molecule has 1 N–H and O–H groups in total. The first-order valence-electron chi connectivity index (χ1n) is 6.22. The van der Waals surface area contributed by atoms with Crippen molar-refractivity contribution in [2.24, 2.45) is 7.05 Å². The highest BCUT2D eigenvalue weighted by atomic mass is 19.1. The summed E-state index contributed by atoms with van der Waals surface area (Å²) in [5, 5.41) is 7.49. The number of nitrogens with zero attached hydrogens (tertiary/aromatic N) is 2. The van der Waals surface area contributed by atoms with Gasteiger partial charge in [-0.1, -0.05) is 0 Å². The number of aryl methyl sites for hydroxylation is 1. The van der Waals surface area contributed by atoms with E-state index in [2.05, 4.69) is 10.4 Å². The second-order valence-electron chi connectivity index (χ2n) is 4.61. The molecule has 0 spiro atoms. The van der Waals surface area contributed by atoms with E-state index in [4.69, 9.17) is 0 Å². The third-order valence-electron chi connectivity index (χ3n) is 2.99. The zero-order valence-corrected chi connectivity index (χ0v) is 11.0. The minimum absolute atomic E-state index is 0.103. The van der Waals surface area contributed by atoms with Gasteiger partial charge in [0.05, 0.1) is 5.69 Å². The van der Waals surface area contributed by atoms with Crippen molar-refractivity contribution < 1.29 is 8.78 Å². The van der Waals surface area contributed by atoms with Crippen LogP contribution >= 0.6 is 0 Å². The van der Waals surface area contributed by atoms with Crippen LogP contribution < -0.4 is 5.32 Å². The quantitative estimate of drug-likeness (QED) is 0.900. The fourth-order valence-electron chi connectivity index (χ4n) is 1.96. The monoisotopic (exact) mass is 265 g/mol. The van der Waals surface area contributed by atoms with Crippen molar-refractivity contribution in [3.8, 4) is 0 Å². The van der Waals surface area contributed by atoms with Crippen molar-refractivity contribution in [3.05, 3.63) is 53.4 Å². The van der Waals surface area contributed by atoms with Crippen LogP contribution in [0.2, 0.25) is 0 Å². The van der Waals surface area contributed by atoms with Crippen molar-refractivity contribution in [2.45, 2.75) is 19.4 Å². The summed E-state index contributed by atoms with van der Waals surface area (Å²) in [5.74, 6) is -1.10. The smallest absolute Gasteiger partial charge is 0.126 e. The van der Waals surface area contributed by atoms with E-state index in [0.717, 1.165) is 18.2 Å². The molecule has 5 heteroatoms. The van der Waals surface area contributed by atoms with E-state index < -0.39 is 11.6 Å². The summed E-state index contributed by atoms with van der Waals surface area (Å²) in [6, 6.07) is 5.43. The van der Waals surface area contributed by atoms with Crippen LogP contribution in [-0.4, -0.2) is 16.3 Å². The lowest BCUT2D eigenvalue weighted by molar-refractivity contribution is 0.545. The minimum Gasteiger partial charge on any atom is -0.310 e. The highest BCUT2D eigenvalue weighted by Crippen LogP contribution is 2.15. The van der Waals surface area contributed by atoms with Gasteiger partial charge in [-0.15, -0.1) is 0 Å². The van der Waals surface area contributed by atoms with Gasteiger partial charge in [-0.25, -0.2) is 8.78 Å². The Hall–Kier alpha value is -1.75. The highest BCUT2D eigenvalue weighted by molar-refractivity contribution is 5.20. The number of halogens is 2. The number of hydrogen-bond acceptors (Lipinski definition) is 2. The van der Waals surface area contributed by atoms with Gasteiger partial charge in [0.15, 0.2) is 0 Å². The van der Waals surface area contributed by atoms with Gasteiger partial charge >= 0.3 is 0 Å². The zero-order chi connectivity index (χ0) is 13.8. The summed E-state index contributed by atoms with van der Waals surface area (Å²) in [6.45, 7) is 2.59. The van der Waals surface area contributed by atoms with Crippen LogP contribution in [0.5, 0.6) is 0 Å². The predicted molar refractivity (Wildman–Crippen MR) is 69.7 cm³/mol. The van der Waals surface area contributed by atoms with Crippen molar-refractivity contribution in [1.29, 1.82) is 0 Å². The Bertz CT molecular complexity index is 531. The normalized spacial score (nSPS) is 12.6. The second-order valence-corrected chi connectivity index (χ2v) is 4.61. The number of aromatic nitrogens is 2. The van der Waals surface area contributed by atoms with Crippen molar-refractivity contribution in [1.82, 2.24) is 15.1 Å². The molecule has 0 aliphatic carbocycles. The first kappa shape index (κ1) is 13.7. The molecule has 2 rings (SSSR count). The Labute approximate surface area is 111 Å². The molecule has 0 aliphatic heterocycles. The molecule has 0 saturated carbocycles. The lowest BCUT2D eigenvalue weighted by Crippen LogP contribution is -2.21. The molecule has 0 saturated heterocycles. The van der Waals surface area contributed by atoms with Gasteiger partial charge in [-0.3, -0.25) is 4.68 Å². The van der Waals surface area contributed by atoms with Crippen molar-refractivity contribution in [2.75, 3.05) is 6.54 Å². The predicted octanol–water partition coefficient (Wildman–Crippen LogP) is 2.59. The van der Waals surface area contributed by atoms with E-state index in [9.17, 15) is 8.78 Å². The topological polar surface area (TPSA) is 29.9 Å². The van der Waals surface area contributed by atoms with Crippen LogP contribution in [0.15, 0.2) is 30.5 Å². The summed E-state index contributed by atoms with van der Waals surface area (Å²) in [7, 11) is 1.87. The summed E-state index contributed by atoms with van der Waals surface area (Å²) >= 11 is 0. The molecule has 19 heavy (non-hydrogen) atoms. The molecule has 0 radical (unpaired) electrons. The van der Waals surface area contributed by atoms with Crippen LogP contribution in [0.3, 0.4) is 0 Å². The molecule has 1 aromatic heterocycles. The maximum Gasteiger partial charge on any atom is 0.126 e. The van der Waals surface area contributed by atoms with E-state index in [1.807, 2.05) is 26.2 Å². The lowest BCUT2D eigenvalue weighted by atomic mass is 10.1. The molecule has 0 bridgehead atoms. The Kier molecular flexibility index (Phi) is 4.27. The third kappa shape index (κ3) is 3.86. The minimum atomic E-state index is -0.548. The number of benzene rings is 1. The first-order chi connectivity index (χ1) is 9.04. The molecule has 0 aliphatic rings. The molecule has 102 valence electrons. The van der Waals surface area contributed by atoms with Gasteiger partial charge in [0.25, 0.3) is 0 Å². The van der Waals surface area contributed by atoms with Crippen LogP contribution in [0, 0.1) is 11.6 Å². The average molecular weight is 265 g/mol. The summed E-state index contributed by atoms with van der Waals surface area (Å²) < 4.78 is 27.9. The number of nitrogens with one attached hydrogen (secondary N) is 1. The van der Waals surface area contributed by atoms with E-state index in [0.29, 0.717) is 12.1 Å². The Morgan fingerprint density at radius 3 is 2.53 bits per heavy atom. The van der Waals surface area contributed by atoms with Gasteiger partial charge in [0.1, 0.15) is 11.6 Å². The fraction of sp³-hybridized carbons (Fsp3) is 0.357. The lowest BCUT2D eigenvalue weighted by Gasteiger charge is -2.14. The maximum atomic E-state index is 13.1. The van der Waals surface area contributed by atoms with Crippen LogP contribution in [0.1, 0.15) is 24.2 Å². The molecular weight excluding hydrogens is 248 g/mol. The van der Waals surface area contributed by atoms with Crippen molar-refractivity contribution >= 4 is 0 Å². The van der Waals surface area contributed by atoms with Crippen molar-refractivity contribution in [3.63, 3.8) is 0 Å². The Morgan fingerprint density at radius 1 is 1.26 bits per heavy atom. The summed E-state index contributed by atoms with van der Waals surface area (Å²) in [5.41, 5.74) is 1.60. The summed E-state index contributed by atoms with van der Waals surface area (Å²) in [4.78, 5) is 0. The first-order valence-corrected chi connectivity index (χ1v) is 6.22. The standard InChI is InChI=1S/C14H17F2N3/c1-10(11-7-12(15)9-13(16)8-11)17-5-3-14-4-6-19(2)18-14/h4,6-10,17H,3,5H2,1-2H3. The average Bonchev–Trinajstić information content (AvgIpc) is 2.73. The largest absolute Gasteiger partial charge is 0.310 e. The van der Waals surface area contributed by atoms with E-state index in [1.165, 1.54) is 12.1 Å². The molecular formula is C14H17F2N3. The molecule has 1 aromatic carbocycles. The van der Waals surface area contributed by atoms with Gasteiger partial charge < -0.3 is 5.32 Å². The SMILES string of the molecule is CC(NCCc1ccn(C)n1)c1cc(F)cc(F)c1. The van der Waals surface area contributed by atoms with Gasteiger partial charge in [-0.2, -0.15) is 5.10 Å². The fourth-order valence-corrected chi connectivity index (χ4v) is 1.96. The zero-order valence-electron chi connectivity index (χ0n) is 11.0. The molecule has 0 fully saturated rings. The van der Waals surface area contributed by atoms with Crippen LogP contribution in [0.25, 0.3) is 0 Å². The number of hydrogen-bond donors (Lipinski definition) is 1. The third-order valence-corrected chi connectivity index (χ3v) is 2.99. The second kappa shape index (κ2) is 5.93. The molecule has 2 aromatic rings. The molecule has 1 atom stereocenters. The van der Waals surface area contributed by atoms with Crippen LogP contribution in [-0.2, 0) is 13.5 Å².